The molecule has 0 aliphatic rings. The summed E-state index contributed by atoms with van der Waals surface area (Å²) in [5.74, 6) is 0. The third-order valence-corrected chi connectivity index (χ3v) is 0.831. The summed E-state index contributed by atoms with van der Waals surface area (Å²) in [6.07, 6.45) is 2.80. The van der Waals surface area contributed by atoms with Crippen molar-refractivity contribution in [3.8, 4) is 0 Å². The number of nitrogens with one attached hydrogen (secondary N) is 1. The molecule has 0 saturated carbocycles. The minimum absolute atomic E-state index is 0.503. The molecule has 0 unspecified atom stereocenters. The Bertz CT molecular complexity index is 129. The van der Waals surface area contributed by atoms with Crippen LogP contribution in [0.1, 0.15) is 20.3 Å². The Morgan fingerprint density at radius 2 is 2.33 bits per heavy atom. The summed E-state index contributed by atoms with van der Waals surface area (Å²) >= 11 is 0. The van der Waals surface area contributed by atoms with Gasteiger partial charge in [-0.05, 0) is 13.3 Å². The number of hydrogen-bond donors (Lipinski definition) is 2. The van der Waals surface area contributed by atoms with Crippen LogP contribution in [0.3, 0.4) is 0 Å². The standard InChI is InChI=1S/C6H12N2O/c1-3-4-5(2)8-6(7)9/h4H,3H2,1-2H3,(H3,7,8,9)/b5-4-. The third kappa shape index (κ3) is 4.87. The van der Waals surface area contributed by atoms with Gasteiger partial charge in [0.2, 0.25) is 0 Å². The van der Waals surface area contributed by atoms with Gasteiger partial charge in [0.25, 0.3) is 0 Å². The number of primary amides is 1. The molecule has 9 heavy (non-hydrogen) atoms. The van der Waals surface area contributed by atoms with Crippen molar-refractivity contribution in [3.63, 3.8) is 0 Å². The van der Waals surface area contributed by atoms with Crippen LogP contribution < -0.4 is 11.1 Å². The Balaban J connectivity index is 3.62. The highest BCUT2D eigenvalue weighted by Gasteiger charge is 1.89. The molecule has 3 nitrogen and oxygen atoms in total. The topological polar surface area (TPSA) is 55.1 Å². The van der Waals surface area contributed by atoms with Crippen LogP contribution in [0, 0.1) is 0 Å². The Labute approximate surface area is 54.9 Å². The Morgan fingerprint density at radius 3 is 2.67 bits per heavy atom. The van der Waals surface area contributed by atoms with Crippen LogP contribution >= 0.6 is 0 Å². The molecule has 0 aliphatic carbocycles. The van der Waals surface area contributed by atoms with Gasteiger partial charge in [-0.25, -0.2) is 4.79 Å². The minimum atomic E-state index is -0.503. The molecule has 2 amide bonds. The first kappa shape index (κ1) is 8.01. The van der Waals surface area contributed by atoms with Crippen molar-refractivity contribution >= 4 is 6.03 Å². The van der Waals surface area contributed by atoms with Crippen LogP contribution in [0.4, 0.5) is 4.79 Å². The molecule has 3 heteroatoms. The molecule has 0 aromatic rings. The summed E-state index contributed by atoms with van der Waals surface area (Å²) < 4.78 is 0. The highest BCUT2D eigenvalue weighted by Crippen LogP contribution is 1.87. The van der Waals surface area contributed by atoms with E-state index >= 15 is 0 Å². The highest BCUT2D eigenvalue weighted by molar-refractivity contribution is 5.73. The van der Waals surface area contributed by atoms with Gasteiger partial charge in [0, 0.05) is 5.70 Å². The van der Waals surface area contributed by atoms with Gasteiger partial charge in [0.1, 0.15) is 0 Å². The van der Waals surface area contributed by atoms with E-state index in [9.17, 15) is 4.79 Å². The monoisotopic (exact) mass is 128 g/mol. The maximum absolute atomic E-state index is 10.2. The first-order valence-corrected chi connectivity index (χ1v) is 2.90. The average Bonchev–Trinajstić information content (AvgIpc) is 1.63. The Kier molecular flexibility index (Phi) is 3.51. The van der Waals surface area contributed by atoms with Crippen LogP contribution in [-0.4, -0.2) is 6.03 Å². The predicted octanol–water partition coefficient (Wildman–Crippen LogP) is 0.969. The summed E-state index contributed by atoms with van der Waals surface area (Å²) in [7, 11) is 0. The summed E-state index contributed by atoms with van der Waals surface area (Å²) in [4.78, 5) is 10.2. The number of urea groups is 1. The Hall–Kier alpha value is -0.990. The van der Waals surface area contributed by atoms with Gasteiger partial charge in [-0.3, -0.25) is 0 Å². The summed E-state index contributed by atoms with van der Waals surface area (Å²) in [5, 5.41) is 2.44. The van der Waals surface area contributed by atoms with E-state index in [1.807, 2.05) is 13.0 Å². The fraction of sp³-hybridized carbons (Fsp3) is 0.500. The maximum Gasteiger partial charge on any atom is 0.316 e. The van der Waals surface area contributed by atoms with Crippen molar-refractivity contribution in [2.75, 3.05) is 0 Å². The first-order chi connectivity index (χ1) is 4.16. The lowest BCUT2D eigenvalue weighted by Crippen LogP contribution is -2.27. The number of carbonyl (C=O) groups is 1. The smallest absolute Gasteiger partial charge is 0.316 e. The third-order valence-electron chi connectivity index (χ3n) is 0.831. The van der Waals surface area contributed by atoms with Crippen LogP contribution in [0.5, 0.6) is 0 Å². The highest BCUT2D eigenvalue weighted by atomic mass is 16.2. The van der Waals surface area contributed by atoms with Crippen LogP contribution in [0.15, 0.2) is 11.8 Å². The molecule has 0 fully saturated rings. The van der Waals surface area contributed by atoms with Crippen molar-refractivity contribution in [3.05, 3.63) is 11.8 Å². The quantitative estimate of drug-likeness (QED) is 0.572. The van der Waals surface area contributed by atoms with Gasteiger partial charge in [0.05, 0.1) is 0 Å². The zero-order valence-corrected chi connectivity index (χ0v) is 5.77. The molecule has 0 heterocycles. The lowest BCUT2D eigenvalue weighted by atomic mass is 10.4. The molecule has 3 N–H and O–H groups in total. The molecule has 0 rings (SSSR count). The van der Waals surface area contributed by atoms with Crippen LogP contribution in [-0.2, 0) is 0 Å². The second kappa shape index (κ2) is 3.95. The van der Waals surface area contributed by atoms with E-state index in [4.69, 9.17) is 5.73 Å². The normalized spacial score (nSPS) is 11.1. The van der Waals surface area contributed by atoms with Gasteiger partial charge < -0.3 is 11.1 Å². The summed E-state index contributed by atoms with van der Waals surface area (Å²) in [5.41, 5.74) is 5.64. The number of rotatable bonds is 2. The molecule has 0 radical (unpaired) electrons. The fourth-order valence-electron chi connectivity index (χ4n) is 0.552. The number of nitrogens with two attached hydrogens (primary N) is 1. The molecule has 0 aliphatic heterocycles. The zero-order chi connectivity index (χ0) is 7.28. The summed E-state index contributed by atoms with van der Waals surface area (Å²) in [6.45, 7) is 3.79. The second-order valence-corrected chi connectivity index (χ2v) is 1.78. The van der Waals surface area contributed by atoms with E-state index in [1.165, 1.54) is 0 Å². The van der Waals surface area contributed by atoms with Gasteiger partial charge >= 0.3 is 6.03 Å². The molecule has 0 aromatic heterocycles. The molecule has 0 atom stereocenters. The minimum Gasteiger partial charge on any atom is -0.351 e. The van der Waals surface area contributed by atoms with Crippen molar-refractivity contribution < 1.29 is 4.79 Å². The van der Waals surface area contributed by atoms with Crippen LogP contribution in [0.2, 0.25) is 0 Å². The van der Waals surface area contributed by atoms with Crippen molar-refractivity contribution in [1.29, 1.82) is 0 Å². The predicted molar refractivity (Wildman–Crippen MR) is 36.8 cm³/mol. The van der Waals surface area contributed by atoms with E-state index in [0.717, 1.165) is 12.1 Å². The number of allylic oxidation sites excluding steroid dienone is 2. The van der Waals surface area contributed by atoms with E-state index in [2.05, 4.69) is 5.32 Å². The molecule has 0 spiro atoms. The molecule has 0 saturated heterocycles. The maximum atomic E-state index is 10.2. The largest absolute Gasteiger partial charge is 0.351 e. The van der Waals surface area contributed by atoms with E-state index in [1.54, 1.807) is 6.92 Å². The van der Waals surface area contributed by atoms with Gasteiger partial charge in [0.15, 0.2) is 0 Å². The van der Waals surface area contributed by atoms with Crippen molar-refractivity contribution in [2.45, 2.75) is 20.3 Å². The molecule has 52 valence electrons. The number of carbonyl (C=O) groups excluding carboxylic acids is 1. The van der Waals surface area contributed by atoms with Gasteiger partial charge in [-0.2, -0.15) is 0 Å². The molecular formula is C6H12N2O. The molecule has 0 aromatic carbocycles. The van der Waals surface area contributed by atoms with E-state index in [0.29, 0.717) is 0 Å². The number of hydrogen-bond acceptors (Lipinski definition) is 1. The Morgan fingerprint density at radius 1 is 1.78 bits per heavy atom. The number of amides is 2. The van der Waals surface area contributed by atoms with Crippen molar-refractivity contribution in [2.24, 2.45) is 5.73 Å². The van der Waals surface area contributed by atoms with Crippen LogP contribution in [0.25, 0.3) is 0 Å². The summed E-state index contributed by atoms with van der Waals surface area (Å²) in [6, 6.07) is -0.503. The molecular weight excluding hydrogens is 116 g/mol. The van der Waals surface area contributed by atoms with E-state index < -0.39 is 6.03 Å². The van der Waals surface area contributed by atoms with E-state index in [-0.39, 0.29) is 0 Å². The second-order valence-electron chi connectivity index (χ2n) is 1.78. The fourth-order valence-corrected chi connectivity index (χ4v) is 0.552. The average molecular weight is 128 g/mol. The van der Waals surface area contributed by atoms with Gasteiger partial charge in [-0.1, -0.05) is 13.0 Å². The lowest BCUT2D eigenvalue weighted by molar-refractivity contribution is 0.251. The van der Waals surface area contributed by atoms with Gasteiger partial charge in [-0.15, -0.1) is 0 Å². The zero-order valence-electron chi connectivity index (χ0n) is 5.77. The van der Waals surface area contributed by atoms with Crippen molar-refractivity contribution in [1.82, 2.24) is 5.32 Å². The molecule has 0 bridgehead atoms. The lowest BCUT2D eigenvalue weighted by Gasteiger charge is -1.97. The SMILES string of the molecule is CC/C=C(/C)NC(N)=O. The first-order valence-electron chi connectivity index (χ1n) is 2.90.